The Morgan fingerprint density at radius 3 is 2.32 bits per heavy atom. The molecule has 6 heteroatoms. The molecule has 5 nitrogen and oxygen atoms in total. The highest BCUT2D eigenvalue weighted by Gasteiger charge is 2.27. The Hall–Kier alpha value is -1.66. The molecule has 2 heterocycles. The van der Waals surface area contributed by atoms with E-state index >= 15 is 0 Å². The first-order valence-electron chi connectivity index (χ1n) is 10.6. The van der Waals surface area contributed by atoms with E-state index in [1.54, 1.807) is 0 Å². The van der Waals surface area contributed by atoms with E-state index in [4.69, 9.17) is 12.2 Å². The number of benzene rings is 1. The fourth-order valence-corrected chi connectivity index (χ4v) is 4.62. The van der Waals surface area contributed by atoms with Gasteiger partial charge in [-0.15, -0.1) is 0 Å². The van der Waals surface area contributed by atoms with E-state index in [0.29, 0.717) is 18.4 Å². The third-order valence-corrected chi connectivity index (χ3v) is 6.18. The van der Waals surface area contributed by atoms with E-state index in [2.05, 4.69) is 58.1 Å². The van der Waals surface area contributed by atoms with Gasteiger partial charge in [-0.05, 0) is 42.5 Å². The summed E-state index contributed by atoms with van der Waals surface area (Å²) in [5.41, 5.74) is 1.32. The van der Waals surface area contributed by atoms with Crippen molar-refractivity contribution in [2.24, 2.45) is 11.8 Å². The molecule has 0 radical (unpaired) electrons. The summed E-state index contributed by atoms with van der Waals surface area (Å²) in [5, 5.41) is 4.22. The zero-order valence-corrected chi connectivity index (χ0v) is 18.1. The molecule has 1 N–H and O–H groups in total. The monoisotopic (exact) mass is 402 g/mol. The van der Waals surface area contributed by atoms with Crippen molar-refractivity contribution in [2.45, 2.75) is 26.7 Å². The number of amides is 1. The average Bonchev–Trinajstić information content (AvgIpc) is 2.68. The van der Waals surface area contributed by atoms with Gasteiger partial charge in [0.15, 0.2) is 5.11 Å². The minimum Gasteiger partial charge on any atom is -0.362 e. The molecule has 2 aliphatic rings. The predicted octanol–water partition coefficient (Wildman–Crippen LogP) is 2.23. The first-order chi connectivity index (χ1) is 13.5. The van der Waals surface area contributed by atoms with Crippen LogP contribution in [0, 0.1) is 11.8 Å². The van der Waals surface area contributed by atoms with Gasteiger partial charge in [0, 0.05) is 45.8 Å². The van der Waals surface area contributed by atoms with Gasteiger partial charge in [-0.3, -0.25) is 9.69 Å². The van der Waals surface area contributed by atoms with Crippen LogP contribution in [0.15, 0.2) is 30.3 Å². The van der Waals surface area contributed by atoms with E-state index in [1.807, 2.05) is 6.07 Å². The number of hydrogen-bond donors (Lipinski definition) is 1. The van der Waals surface area contributed by atoms with Gasteiger partial charge in [-0.2, -0.15) is 0 Å². The van der Waals surface area contributed by atoms with Gasteiger partial charge in [0.25, 0.3) is 0 Å². The van der Waals surface area contributed by atoms with Crippen LogP contribution in [0.2, 0.25) is 0 Å². The minimum absolute atomic E-state index is 0.287. The van der Waals surface area contributed by atoms with Crippen molar-refractivity contribution in [1.29, 1.82) is 0 Å². The van der Waals surface area contributed by atoms with Gasteiger partial charge in [0.2, 0.25) is 5.91 Å². The number of carbonyl (C=O) groups excluding carboxylic acids is 1. The van der Waals surface area contributed by atoms with Gasteiger partial charge in [0.1, 0.15) is 0 Å². The third-order valence-electron chi connectivity index (χ3n) is 5.77. The molecule has 1 aromatic carbocycles. The second kappa shape index (κ2) is 10.2. The molecule has 0 aliphatic carbocycles. The number of piperidine rings is 1. The summed E-state index contributed by atoms with van der Waals surface area (Å²) >= 11 is 5.57. The number of hydrogen-bond acceptors (Lipinski definition) is 3. The molecule has 0 saturated carbocycles. The van der Waals surface area contributed by atoms with Crippen LogP contribution < -0.4 is 5.32 Å². The summed E-state index contributed by atoms with van der Waals surface area (Å²) in [6.07, 6.45) is 2.21. The number of rotatable bonds is 5. The van der Waals surface area contributed by atoms with E-state index < -0.39 is 0 Å². The summed E-state index contributed by atoms with van der Waals surface area (Å²) in [5.74, 6) is 1.52. The predicted molar refractivity (Wildman–Crippen MR) is 118 cm³/mol. The number of nitrogens with zero attached hydrogens (tertiary/aromatic N) is 3. The van der Waals surface area contributed by atoms with Crippen LogP contribution >= 0.6 is 12.2 Å². The molecule has 28 heavy (non-hydrogen) atoms. The van der Waals surface area contributed by atoms with Crippen molar-refractivity contribution in [3.05, 3.63) is 35.9 Å². The molecule has 0 unspecified atom stereocenters. The van der Waals surface area contributed by atoms with Crippen molar-refractivity contribution < 1.29 is 4.79 Å². The fraction of sp³-hybridized carbons (Fsp3) is 0.636. The lowest BCUT2D eigenvalue weighted by Crippen LogP contribution is -2.54. The van der Waals surface area contributed by atoms with Crippen molar-refractivity contribution in [2.75, 3.05) is 52.4 Å². The Balaban J connectivity index is 1.35. The van der Waals surface area contributed by atoms with Crippen LogP contribution in [-0.2, 0) is 11.2 Å². The van der Waals surface area contributed by atoms with Crippen molar-refractivity contribution in [1.82, 2.24) is 20.0 Å². The van der Waals surface area contributed by atoms with E-state index in [0.717, 1.165) is 57.3 Å². The minimum atomic E-state index is 0.287. The number of nitrogens with one attached hydrogen (secondary N) is 1. The van der Waals surface area contributed by atoms with Crippen LogP contribution in [0.25, 0.3) is 0 Å². The van der Waals surface area contributed by atoms with E-state index in [9.17, 15) is 4.79 Å². The quantitative estimate of drug-likeness (QED) is 0.765. The molecule has 3 rings (SSSR count). The standard InChI is InChI=1S/C22H34N4OS/c1-18-14-19(2)16-26(15-18)21(27)17-24-10-12-25(13-11-24)22(28)23-9-8-20-6-4-3-5-7-20/h3-7,18-19H,8-17H2,1-2H3,(H,23,28)/t18-,19-/m1/s1. The first kappa shape index (κ1) is 21.1. The van der Waals surface area contributed by atoms with Crippen LogP contribution in [-0.4, -0.2) is 78.1 Å². The molecule has 2 aliphatic heterocycles. The molecular weight excluding hydrogens is 368 g/mol. The highest BCUT2D eigenvalue weighted by molar-refractivity contribution is 7.80. The van der Waals surface area contributed by atoms with Gasteiger partial charge in [-0.1, -0.05) is 44.2 Å². The number of likely N-dealkylation sites (tertiary alicyclic amines) is 1. The molecule has 2 atom stereocenters. The summed E-state index contributed by atoms with van der Waals surface area (Å²) in [6.45, 7) is 11.3. The highest BCUT2D eigenvalue weighted by Crippen LogP contribution is 2.21. The van der Waals surface area contributed by atoms with Gasteiger partial charge in [-0.25, -0.2) is 0 Å². The van der Waals surface area contributed by atoms with Crippen molar-refractivity contribution in [3.8, 4) is 0 Å². The smallest absolute Gasteiger partial charge is 0.236 e. The normalized spacial score (nSPS) is 23.5. The van der Waals surface area contributed by atoms with Crippen molar-refractivity contribution >= 4 is 23.2 Å². The lowest BCUT2D eigenvalue weighted by atomic mass is 9.92. The first-order valence-corrected chi connectivity index (χ1v) is 11.0. The maximum atomic E-state index is 12.7. The second-order valence-electron chi connectivity index (χ2n) is 8.48. The summed E-state index contributed by atoms with van der Waals surface area (Å²) < 4.78 is 0. The number of carbonyl (C=O) groups is 1. The number of thiocarbonyl (C=S) groups is 1. The Bertz CT molecular complexity index is 635. The topological polar surface area (TPSA) is 38.8 Å². The Morgan fingerprint density at radius 1 is 1.04 bits per heavy atom. The Morgan fingerprint density at radius 2 is 1.68 bits per heavy atom. The lowest BCUT2D eigenvalue weighted by Gasteiger charge is -2.39. The summed E-state index contributed by atoms with van der Waals surface area (Å²) in [4.78, 5) is 19.3. The molecular formula is C22H34N4OS. The molecule has 0 aromatic heterocycles. The SMILES string of the molecule is C[C@@H]1C[C@@H](C)CN(C(=O)CN2CCN(C(=S)NCCc3ccccc3)CC2)C1. The van der Waals surface area contributed by atoms with Crippen LogP contribution in [0.4, 0.5) is 0 Å². The Kier molecular flexibility index (Phi) is 7.68. The molecule has 1 amide bonds. The molecule has 2 fully saturated rings. The third kappa shape index (κ3) is 6.17. The highest BCUT2D eigenvalue weighted by atomic mass is 32.1. The van der Waals surface area contributed by atoms with Crippen molar-refractivity contribution in [3.63, 3.8) is 0 Å². The van der Waals surface area contributed by atoms with Gasteiger partial charge < -0.3 is 15.1 Å². The van der Waals surface area contributed by atoms with Crippen LogP contribution in [0.1, 0.15) is 25.8 Å². The van der Waals surface area contributed by atoms with Crippen LogP contribution in [0.3, 0.4) is 0 Å². The molecule has 0 spiro atoms. The molecule has 2 saturated heterocycles. The second-order valence-corrected chi connectivity index (χ2v) is 8.86. The average molecular weight is 403 g/mol. The lowest BCUT2D eigenvalue weighted by molar-refractivity contribution is -0.135. The van der Waals surface area contributed by atoms with Gasteiger partial charge >= 0.3 is 0 Å². The van der Waals surface area contributed by atoms with E-state index in [-0.39, 0.29) is 5.91 Å². The van der Waals surface area contributed by atoms with E-state index in [1.165, 1.54) is 12.0 Å². The zero-order valence-electron chi connectivity index (χ0n) is 17.3. The van der Waals surface area contributed by atoms with Crippen LogP contribution in [0.5, 0.6) is 0 Å². The maximum Gasteiger partial charge on any atom is 0.236 e. The van der Waals surface area contributed by atoms with Gasteiger partial charge in [0.05, 0.1) is 6.54 Å². The Labute approximate surface area is 175 Å². The molecule has 1 aromatic rings. The summed E-state index contributed by atoms with van der Waals surface area (Å²) in [6, 6.07) is 10.5. The number of piperazine rings is 1. The summed E-state index contributed by atoms with van der Waals surface area (Å²) in [7, 11) is 0. The molecule has 154 valence electrons. The maximum absolute atomic E-state index is 12.7. The fourth-order valence-electron chi connectivity index (χ4n) is 4.34. The zero-order chi connectivity index (χ0) is 19.9. The molecule has 0 bridgehead atoms. The largest absolute Gasteiger partial charge is 0.362 e.